The number of benzene rings is 9. The van der Waals surface area contributed by atoms with Gasteiger partial charge in [0.15, 0.2) is 0 Å². The molecule has 0 saturated heterocycles. The van der Waals surface area contributed by atoms with Crippen molar-refractivity contribution in [3.8, 4) is 44.5 Å². The average Bonchev–Trinajstić information content (AvgIpc) is 3.69. The topological polar surface area (TPSA) is 6.48 Å². The molecular weight excluding hydrogens is 749 g/mol. The third kappa shape index (κ3) is 6.01. The van der Waals surface area contributed by atoms with Crippen molar-refractivity contribution in [1.82, 2.24) is 0 Å². The van der Waals surface area contributed by atoms with Crippen LogP contribution in [0.4, 0.5) is 34.1 Å². The lowest BCUT2D eigenvalue weighted by molar-refractivity contribution is 0.660. The molecule has 11 rings (SSSR count). The second-order valence-corrected chi connectivity index (χ2v) is 17.8. The van der Waals surface area contributed by atoms with E-state index in [1.807, 2.05) is 0 Å². The summed E-state index contributed by atoms with van der Waals surface area (Å²) in [6.45, 7) is 9.42. The van der Waals surface area contributed by atoms with Gasteiger partial charge in [0.25, 0.3) is 0 Å². The van der Waals surface area contributed by atoms with E-state index in [9.17, 15) is 0 Å². The second-order valence-electron chi connectivity index (χ2n) is 17.8. The molecular formula is C60H48N2. The average molecular weight is 797 g/mol. The van der Waals surface area contributed by atoms with E-state index in [-0.39, 0.29) is 10.8 Å². The van der Waals surface area contributed by atoms with E-state index in [1.54, 1.807) is 0 Å². The Hall–Kier alpha value is -7.42. The van der Waals surface area contributed by atoms with Crippen LogP contribution in [-0.2, 0) is 10.8 Å². The summed E-state index contributed by atoms with van der Waals surface area (Å²) < 4.78 is 0. The van der Waals surface area contributed by atoms with E-state index in [0.29, 0.717) is 0 Å². The van der Waals surface area contributed by atoms with Gasteiger partial charge in [-0.2, -0.15) is 0 Å². The number of para-hydroxylation sites is 4. The monoisotopic (exact) mass is 796 g/mol. The van der Waals surface area contributed by atoms with Crippen LogP contribution in [-0.4, -0.2) is 0 Å². The smallest absolute Gasteiger partial charge is 0.0540 e. The first kappa shape index (κ1) is 37.6. The summed E-state index contributed by atoms with van der Waals surface area (Å²) in [5, 5.41) is 0. The molecule has 0 amide bonds. The molecule has 2 heteroatoms. The van der Waals surface area contributed by atoms with Gasteiger partial charge in [0.05, 0.1) is 11.4 Å². The summed E-state index contributed by atoms with van der Waals surface area (Å²) in [5.41, 5.74) is 22.0. The first-order valence-electron chi connectivity index (χ1n) is 21.8. The third-order valence-electron chi connectivity index (χ3n) is 13.5. The number of fused-ring (bicyclic) bond motifs is 6. The first-order chi connectivity index (χ1) is 30.3. The molecule has 298 valence electrons. The molecule has 0 fully saturated rings. The van der Waals surface area contributed by atoms with Crippen LogP contribution in [0.25, 0.3) is 44.5 Å². The van der Waals surface area contributed by atoms with Crippen LogP contribution in [0.3, 0.4) is 0 Å². The van der Waals surface area contributed by atoms with Gasteiger partial charge in [-0.1, -0.05) is 179 Å². The van der Waals surface area contributed by atoms with E-state index in [4.69, 9.17) is 0 Å². The Labute approximate surface area is 366 Å². The summed E-state index contributed by atoms with van der Waals surface area (Å²) in [5.74, 6) is 0. The van der Waals surface area contributed by atoms with Crippen molar-refractivity contribution in [2.45, 2.75) is 38.5 Å². The predicted octanol–water partition coefficient (Wildman–Crippen LogP) is 16.6. The highest BCUT2D eigenvalue weighted by Gasteiger charge is 2.37. The van der Waals surface area contributed by atoms with Gasteiger partial charge in [0.2, 0.25) is 0 Å². The van der Waals surface area contributed by atoms with E-state index < -0.39 is 0 Å². The number of hydrogen-bond donors (Lipinski definition) is 0. The van der Waals surface area contributed by atoms with Crippen molar-refractivity contribution in [2.24, 2.45) is 0 Å². The Bertz CT molecular complexity index is 2930. The lowest BCUT2D eigenvalue weighted by Crippen LogP contribution is -2.17. The molecule has 0 bridgehead atoms. The fourth-order valence-corrected chi connectivity index (χ4v) is 10.4. The van der Waals surface area contributed by atoms with Gasteiger partial charge in [0, 0.05) is 44.7 Å². The molecule has 9 aromatic carbocycles. The maximum absolute atomic E-state index is 2.43. The highest BCUT2D eigenvalue weighted by Crippen LogP contribution is 2.53. The van der Waals surface area contributed by atoms with Crippen LogP contribution in [0.5, 0.6) is 0 Å². The second kappa shape index (κ2) is 14.6. The summed E-state index contributed by atoms with van der Waals surface area (Å²) in [6.07, 6.45) is 0. The van der Waals surface area contributed by atoms with E-state index in [2.05, 4.69) is 256 Å². The quantitative estimate of drug-likeness (QED) is 0.151. The molecule has 2 aliphatic carbocycles. The minimum absolute atomic E-state index is 0.111. The van der Waals surface area contributed by atoms with Crippen molar-refractivity contribution < 1.29 is 0 Å². The lowest BCUT2D eigenvalue weighted by Gasteiger charge is -2.30. The SMILES string of the molecule is CC1(C)c2ccccc2-c2ccc(N(c3ccccc3)c3ccccc3-c3cccc(-c4ccccc4N(c4ccccc4)c4ccc5c(c4)C(C)(C)c4ccccc4-5)c3)cc21. The molecule has 0 aliphatic heterocycles. The van der Waals surface area contributed by atoms with Crippen LogP contribution in [0.15, 0.2) is 218 Å². The van der Waals surface area contributed by atoms with Crippen LogP contribution in [0.2, 0.25) is 0 Å². The zero-order chi connectivity index (χ0) is 42.0. The van der Waals surface area contributed by atoms with Gasteiger partial charge in [-0.15, -0.1) is 0 Å². The number of anilines is 6. The van der Waals surface area contributed by atoms with Gasteiger partial charge < -0.3 is 9.80 Å². The van der Waals surface area contributed by atoms with Crippen molar-refractivity contribution in [1.29, 1.82) is 0 Å². The molecule has 0 atom stereocenters. The predicted molar refractivity (Wildman–Crippen MR) is 262 cm³/mol. The first-order valence-corrected chi connectivity index (χ1v) is 21.8. The van der Waals surface area contributed by atoms with Crippen LogP contribution in [0, 0.1) is 0 Å². The Balaban J connectivity index is 1.03. The fourth-order valence-electron chi connectivity index (χ4n) is 10.4. The Morgan fingerprint density at radius 1 is 0.258 bits per heavy atom. The minimum atomic E-state index is -0.111. The highest BCUT2D eigenvalue weighted by molar-refractivity contribution is 5.94. The minimum Gasteiger partial charge on any atom is -0.310 e. The van der Waals surface area contributed by atoms with Gasteiger partial charge in [-0.3, -0.25) is 0 Å². The lowest BCUT2D eigenvalue weighted by atomic mass is 9.82. The third-order valence-corrected chi connectivity index (χ3v) is 13.5. The molecule has 0 N–H and O–H groups in total. The highest BCUT2D eigenvalue weighted by atomic mass is 15.2. The normalized spacial score (nSPS) is 13.7. The summed E-state index contributed by atoms with van der Waals surface area (Å²) in [4.78, 5) is 4.86. The van der Waals surface area contributed by atoms with Crippen molar-refractivity contribution in [2.75, 3.05) is 9.80 Å². The van der Waals surface area contributed by atoms with Crippen molar-refractivity contribution in [3.05, 3.63) is 241 Å². The molecule has 0 heterocycles. The van der Waals surface area contributed by atoms with Crippen molar-refractivity contribution in [3.63, 3.8) is 0 Å². The number of nitrogens with zero attached hydrogens (tertiary/aromatic N) is 2. The molecule has 2 nitrogen and oxygen atoms in total. The van der Waals surface area contributed by atoms with E-state index in [1.165, 1.54) is 55.6 Å². The van der Waals surface area contributed by atoms with Gasteiger partial charge >= 0.3 is 0 Å². The maximum atomic E-state index is 2.43. The Morgan fingerprint density at radius 2 is 0.613 bits per heavy atom. The summed E-state index contributed by atoms with van der Waals surface area (Å²) >= 11 is 0. The van der Waals surface area contributed by atoms with Gasteiger partial charge in [0.1, 0.15) is 0 Å². The van der Waals surface area contributed by atoms with E-state index >= 15 is 0 Å². The molecule has 0 unspecified atom stereocenters. The van der Waals surface area contributed by atoms with Crippen LogP contribution >= 0.6 is 0 Å². The molecule has 9 aromatic rings. The van der Waals surface area contributed by atoms with Crippen LogP contribution < -0.4 is 9.80 Å². The Morgan fingerprint density at radius 3 is 1.05 bits per heavy atom. The zero-order valence-electron chi connectivity index (χ0n) is 35.7. The number of rotatable bonds is 8. The standard InChI is InChI=1S/C60H48N2/c1-59(2)53-30-15-11-28-49(53)51-36-34-45(39-55(51)59)61(43-22-7-5-8-23-43)57-32-17-13-26-47(57)41-20-19-21-42(38-41)48-27-14-18-33-58(48)62(44-24-9-6-10-25-44)46-35-37-52-50-29-12-16-31-54(50)60(3,4)56(52)40-46/h5-40H,1-4H3. The zero-order valence-corrected chi connectivity index (χ0v) is 35.7. The molecule has 0 radical (unpaired) electrons. The van der Waals surface area contributed by atoms with Crippen molar-refractivity contribution >= 4 is 34.1 Å². The van der Waals surface area contributed by atoms with Gasteiger partial charge in [-0.05, 0) is 122 Å². The van der Waals surface area contributed by atoms with E-state index in [0.717, 1.165) is 45.3 Å². The Kier molecular flexibility index (Phi) is 8.87. The van der Waals surface area contributed by atoms with Crippen LogP contribution in [0.1, 0.15) is 49.9 Å². The molecule has 0 aromatic heterocycles. The maximum Gasteiger partial charge on any atom is 0.0540 e. The molecule has 0 saturated carbocycles. The summed E-state index contributed by atoms with van der Waals surface area (Å²) in [7, 11) is 0. The fraction of sp³-hybridized carbons (Fsp3) is 0.100. The molecule has 2 aliphatic rings. The summed E-state index contributed by atoms with van der Waals surface area (Å²) in [6, 6.07) is 80.2. The molecule has 62 heavy (non-hydrogen) atoms. The number of hydrogen-bond acceptors (Lipinski definition) is 2. The largest absolute Gasteiger partial charge is 0.310 e. The van der Waals surface area contributed by atoms with Gasteiger partial charge in [-0.25, -0.2) is 0 Å². The molecule has 0 spiro atoms.